The number of nitrogens with zero attached hydrogens (tertiary/aromatic N) is 1. The minimum atomic E-state index is -0.960. The summed E-state index contributed by atoms with van der Waals surface area (Å²) in [6, 6.07) is 11.9. The Morgan fingerprint density at radius 1 is 1.19 bits per heavy atom. The molecule has 0 spiro atoms. The van der Waals surface area contributed by atoms with Crippen LogP contribution >= 0.6 is 0 Å². The number of anilines is 3. The predicted molar refractivity (Wildman–Crippen MR) is 79.1 cm³/mol. The van der Waals surface area contributed by atoms with E-state index in [1.807, 2.05) is 18.2 Å². The highest BCUT2D eigenvalue weighted by Crippen LogP contribution is 2.38. The third-order valence-corrected chi connectivity index (χ3v) is 3.51. The molecule has 1 unspecified atom stereocenters. The van der Waals surface area contributed by atoms with Crippen molar-refractivity contribution in [2.75, 3.05) is 16.8 Å². The lowest BCUT2D eigenvalue weighted by Crippen LogP contribution is -2.35. The molecule has 1 aliphatic rings. The molecular weight excluding hydrogens is 271 g/mol. The molecule has 2 N–H and O–H groups in total. The summed E-state index contributed by atoms with van der Waals surface area (Å²) >= 11 is 0. The van der Waals surface area contributed by atoms with Gasteiger partial charge in [-0.25, -0.2) is 4.39 Å². The van der Waals surface area contributed by atoms with Gasteiger partial charge in [-0.3, -0.25) is 4.79 Å². The minimum absolute atomic E-state index is 0.0835. The first kappa shape index (κ1) is 13.6. The van der Waals surface area contributed by atoms with Gasteiger partial charge in [0.2, 0.25) is 5.91 Å². The van der Waals surface area contributed by atoms with Crippen molar-refractivity contribution in [3.05, 3.63) is 53.8 Å². The van der Waals surface area contributed by atoms with Gasteiger partial charge in [0.15, 0.2) is 0 Å². The van der Waals surface area contributed by atoms with E-state index < -0.39 is 11.9 Å². The molecule has 1 heterocycles. The molecule has 3 rings (SSSR count). The number of hydrogen-bond donors (Lipinski definition) is 2. The van der Waals surface area contributed by atoms with E-state index in [2.05, 4.69) is 5.32 Å². The van der Waals surface area contributed by atoms with Gasteiger partial charge in [0, 0.05) is 5.56 Å². The van der Waals surface area contributed by atoms with Crippen molar-refractivity contribution in [2.24, 2.45) is 0 Å². The van der Waals surface area contributed by atoms with Crippen molar-refractivity contribution in [2.45, 2.75) is 13.0 Å². The number of para-hydroxylation sites is 2. The molecule has 0 radical (unpaired) electrons. The van der Waals surface area contributed by atoms with E-state index in [0.29, 0.717) is 11.4 Å². The number of nitrogens with one attached hydrogen (secondary N) is 1. The Hall–Kier alpha value is -2.40. The number of rotatable bonds is 2. The fraction of sp³-hybridized carbons (Fsp3) is 0.188. The quantitative estimate of drug-likeness (QED) is 0.892. The standard InChI is InChI=1S/C16H15FN2O2/c1-10(20)16-11(17)5-4-8-14(16)19-9-15(21)18-12-6-2-3-7-13(12)19/h2-8,10,20H,9H2,1H3,(H,18,21). The van der Waals surface area contributed by atoms with Crippen LogP contribution in [0.25, 0.3) is 0 Å². The number of carbonyl (C=O) groups is 1. The van der Waals surface area contributed by atoms with E-state index in [4.69, 9.17) is 0 Å². The van der Waals surface area contributed by atoms with Crippen molar-refractivity contribution in [3.63, 3.8) is 0 Å². The zero-order valence-corrected chi connectivity index (χ0v) is 11.5. The van der Waals surface area contributed by atoms with Crippen molar-refractivity contribution in [1.29, 1.82) is 0 Å². The third-order valence-electron chi connectivity index (χ3n) is 3.51. The third kappa shape index (κ3) is 2.36. The molecule has 0 saturated heterocycles. The molecule has 5 heteroatoms. The summed E-state index contributed by atoms with van der Waals surface area (Å²) in [5.74, 6) is -0.652. The van der Waals surface area contributed by atoms with Crippen LogP contribution in [-0.2, 0) is 4.79 Å². The van der Waals surface area contributed by atoms with Crippen LogP contribution in [-0.4, -0.2) is 17.6 Å². The first-order valence-electron chi connectivity index (χ1n) is 6.71. The molecule has 0 aromatic heterocycles. The Morgan fingerprint density at radius 3 is 2.67 bits per heavy atom. The number of fused-ring (bicyclic) bond motifs is 1. The second-order valence-corrected chi connectivity index (χ2v) is 5.00. The second-order valence-electron chi connectivity index (χ2n) is 5.00. The predicted octanol–water partition coefficient (Wildman–Crippen LogP) is 2.97. The highest BCUT2D eigenvalue weighted by Gasteiger charge is 2.26. The summed E-state index contributed by atoms with van der Waals surface area (Å²) in [7, 11) is 0. The largest absolute Gasteiger partial charge is 0.389 e. The summed E-state index contributed by atoms with van der Waals surface area (Å²) in [5, 5.41) is 12.6. The van der Waals surface area contributed by atoms with E-state index >= 15 is 0 Å². The molecule has 1 amide bonds. The first-order valence-corrected chi connectivity index (χ1v) is 6.71. The smallest absolute Gasteiger partial charge is 0.244 e. The molecule has 0 saturated carbocycles. The summed E-state index contributed by atoms with van der Waals surface area (Å²) in [6.07, 6.45) is -0.960. The van der Waals surface area contributed by atoms with Gasteiger partial charge in [-0.2, -0.15) is 0 Å². The summed E-state index contributed by atoms with van der Waals surface area (Å²) < 4.78 is 14.0. The number of hydrogen-bond acceptors (Lipinski definition) is 3. The minimum Gasteiger partial charge on any atom is -0.389 e. The molecule has 21 heavy (non-hydrogen) atoms. The van der Waals surface area contributed by atoms with Crippen molar-refractivity contribution >= 4 is 23.0 Å². The van der Waals surface area contributed by atoms with E-state index in [1.54, 1.807) is 23.1 Å². The Labute approximate surface area is 121 Å². The van der Waals surface area contributed by atoms with Gasteiger partial charge < -0.3 is 15.3 Å². The maximum atomic E-state index is 14.0. The van der Waals surface area contributed by atoms with Crippen molar-refractivity contribution in [3.8, 4) is 0 Å². The van der Waals surface area contributed by atoms with Crippen LogP contribution in [0, 0.1) is 5.82 Å². The second kappa shape index (κ2) is 5.18. The molecule has 1 aliphatic heterocycles. The van der Waals surface area contributed by atoms with Gasteiger partial charge in [0.05, 0.1) is 23.2 Å². The Bertz CT molecular complexity index is 700. The van der Waals surface area contributed by atoms with Crippen LogP contribution in [0.5, 0.6) is 0 Å². The van der Waals surface area contributed by atoms with Crippen LogP contribution in [0.3, 0.4) is 0 Å². The molecule has 0 bridgehead atoms. The van der Waals surface area contributed by atoms with E-state index in [-0.39, 0.29) is 18.0 Å². The maximum absolute atomic E-state index is 14.0. The Morgan fingerprint density at radius 2 is 1.90 bits per heavy atom. The van der Waals surface area contributed by atoms with Gasteiger partial charge in [-0.15, -0.1) is 0 Å². The Kier molecular flexibility index (Phi) is 3.35. The lowest BCUT2D eigenvalue weighted by atomic mass is 10.0. The van der Waals surface area contributed by atoms with Crippen LogP contribution < -0.4 is 10.2 Å². The number of aliphatic hydroxyl groups excluding tert-OH is 1. The molecular formula is C16H15FN2O2. The summed E-state index contributed by atoms with van der Waals surface area (Å²) in [5.41, 5.74) is 2.16. The molecule has 0 fully saturated rings. The zero-order valence-electron chi connectivity index (χ0n) is 11.5. The number of halogens is 1. The van der Waals surface area contributed by atoms with Gasteiger partial charge in [-0.05, 0) is 31.2 Å². The molecule has 0 aliphatic carbocycles. The maximum Gasteiger partial charge on any atom is 0.244 e. The van der Waals surface area contributed by atoms with E-state index in [0.717, 1.165) is 5.69 Å². The number of benzene rings is 2. The highest BCUT2D eigenvalue weighted by molar-refractivity contribution is 6.03. The SMILES string of the molecule is CC(O)c1c(F)cccc1N1CC(=O)Nc2ccccc21. The summed E-state index contributed by atoms with van der Waals surface area (Å²) in [6.45, 7) is 1.60. The van der Waals surface area contributed by atoms with Crippen LogP contribution in [0.15, 0.2) is 42.5 Å². The number of carbonyl (C=O) groups excluding carboxylic acids is 1. The van der Waals surface area contributed by atoms with Gasteiger partial charge in [-0.1, -0.05) is 18.2 Å². The monoisotopic (exact) mass is 286 g/mol. The van der Waals surface area contributed by atoms with E-state index in [1.165, 1.54) is 13.0 Å². The fourth-order valence-electron chi connectivity index (χ4n) is 2.62. The van der Waals surface area contributed by atoms with Crippen LogP contribution in [0.1, 0.15) is 18.6 Å². The van der Waals surface area contributed by atoms with Gasteiger partial charge in [0.1, 0.15) is 12.4 Å². The van der Waals surface area contributed by atoms with E-state index in [9.17, 15) is 14.3 Å². The van der Waals surface area contributed by atoms with Gasteiger partial charge in [0.25, 0.3) is 0 Å². The molecule has 4 nitrogen and oxygen atoms in total. The lowest BCUT2D eigenvalue weighted by Gasteiger charge is -2.32. The number of amides is 1. The highest BCUT2D eigenvalue weighted by atomic mass is 19.1. The first-order chi connectivity index (χ1) is 10.1. The topological polar surface area (TPSA) is 52.6 Å². The van der Waals surface area contributed by atoms with Crippen LogP contribution in [0.2, 0.25) is 0 Å². The Balaban J connectivity index is 2.18. The summed E-state index contributed by atoms with van der Waals surface area (Å²) in [4.78, 5) is 13.6. The van der Waals surface area contributed by atoms with Crippen molar-refractivity contribution < 1.29 is 14.3 Å². The average molecular weight is 286 g/mol. The average Bonchev–Trinajstić information content (AvgIpc) is 2.45. The molecule has 2 aromatic rings. The van der Waals surface area contributed by atoms with Crippen molar-refractivity contribution in [1.82, 2.24) is 0 Å². The lowest BCUT2D eigenvalue weighted by molar-refractivity contribution is -0.115. The zero-order chi connectivity index (χ0) is 15.0. The molecule has 108 valence electrons. The fourth-order valence-corrected chi connectivity index (χ4v) is 2.62. The molecule has 2 aromatic carbocycles. The normalized spacial score (nSPS) is 15.4. The van der Waals surface area contributed by atoms with Gasteiger partial charge >= 0.3 is 0 Å². The molecule has 1 atom stereocenters. The number of aliphatic hydroxyl groups is 1. The van der Waals surface area contributed by atoms with Crippen LogP contribution in [0.4, 0.5) is 21.5 Å².